The number of aromatic amines is 1. The van der Waals surface area contributed by atoms with Crippen LogP contribution in [0.5, 0.6) is 5.75 Å². The first-order chi connectivity index (χ1) is 12.3. The highest BCUT2D eigenvalue weighted by molar-refractivity contribution is 7.89. The first-order valence-electron chi connectivity index (χ1n) is 8.85. The lowest BCUT2D eigenvalue weighted by molar-refractivity contribution is 0.308. The van der Waals surface area contributed by atoms with Gasteiger partial charge in [-0.2, -0.15) is 0 Å². The van der Waals surface area contributed by atoms with Crippen LogP contribution in [-0.4, -0.2) is 42.3 Å². The standard InChI is InChI=1S/C17H22BN3O4S/c1-10(2)9-26(23,24)21-12-5-11(6-12)14-7-18(22)25-15-8-20-17-13(16(14)15)3-4-19-17/h3-4,7-8,10-12,21-22H,5-6,9H2,1-2H3,(H,19,20)/t11-,12+. The maximum absolute atomic E-state index is 12.1. The number of pyridine rings is 1. The maximum Gasteiger partial charge on any atom is 0.552 e. The van der Waals surface area contributed by atoms with E-state index in [0.717, 1.165) is 22.2 Å². The quantitative estimate of drug-likeness (QED) is 0.691. The Bertz CT molecular complexity index is 964. The number of aromatic nitrogens is 2. The van der Waals surface area contributed by atoms with Gasteiger partial charge < -0.3 is 14.7 Å². The molecule has 7 nitrogen and oxygen atoms in total. The number of nitrogens with one attached hydrogen (secondary N) is 2. The summed E-state index contributed by atoms with van der Waals surface area (Å²) in [7, 11) is -4.26. The van der Waals surface area contributed by atoms with Gasteiger partial charge in [-0.15, -0.1) is 0 Å². The Kier molecular flexibility index (Phi) is 4.33. The molecule has 0 atom stereocenters. The Morgan fingerprint density at radius 1 is 1.46 bits per heavy atom. The lowest BCUT2D eigenvalue weighted by atomic mass is 9.68. The average Bonchev–Trinajstić information content (AvgIpc) is 2.96. The summed E-state index contributed by atoms with van der Waals surface area (Å²) in [6.07, 6.45) is 4.86. The number of H-pyrrole nitrogens is 1. The van der Waals surface area contributed by atoms with Crippen molar-refractivity contribution in [2.45, 2.75) is 32.7 Å². The van der Waals surface area contributed by atoms with Crippen LogP contribution in [0.1, 0.15) is 32.3 Å². The van der Waals surface area contributed by atoms with E-state index >= 15 is 0 Å². The van der Waals surface area contributed by atoms with Crippen molar-refractivity contribution in [3.8, 4) is 5.75 Å². The van der Waals surface area contributed by atoms with Gasteiger partial charge in [0.2, 0.25) is 10.0 Å². The highest BCUT2D eigenvalue weighted by Gasteiger charge is 2.39. The van der Waals surface area contributed by atoms with Gasteiger partial charge in [-0.1, -0.05) is 13.8 Å². The van der Waals surface area contributed by atoms with Crippen LogP contribution in [0.4, 0.5) is 0 Å². The Morgan fingerprint density at radius 3 is 2.96 bits per heavy atom. The highest BCUT2D eigenvalue weighted by Crippen LogP contribution is 2.46. The molecule has 9 heteroatoms. The van der Waals surface area contributed by atoms with Gasteiger partial charge in [0.05, 0.1) is 11.9 Å². The molecule has 138 valence electrons. The van der Waals surface area contributed by atoms with Crippen molar-refractivity contribution in [1.82, 2.24) is 14.7 Å². The fraction of sp³-hybridized carbons (Fsp3) is 0.471. The van der Waals surface area contributed by atoms with Crippen LogP contribution in [0.25, 0.3) is 16.6 Å². The minimum absolute atomic E-state index is 0.0587. The molecule has 3 N–H and O–H groups in total. The van der Waals surface area contributed by atoms with E-state index in [1.165, 1.54) is 0 Å². The van der Waals surface area contributed by atoms with E-state index in [1.54, 1.807) is 12.2 Å². The second-order valence-corrected chi connectivity index (χ2v) is 9.32. The summed E-state index contributed by atoms with van der Waals surface area (Å²) in [4.78, 5) is 7.39. The number of hydrogen-bond acceptors (Lipinski definition) is 5. The van der Waals surface area contributed by atoms with Crippen LogP contribution >= 0.6 is 0 Å². The predicted octanol–water partition coefficient (Wildman–Crippen LogP) is 1.71. The zero-order valence-electron chi connectivity index (χ0n) is 14.8. The number of hydrogen-bond donors (Lipinski definition) is 3. The van der Waals surface area contributed by atoms with Crippen molar-refractivity contribution < 1.29 is 18.1 Å². The molecule has 1 aliphatic carbocycles. The second-order valence-electron chi connectivity index (χ2n) is 7.53. The third kappa shape index (κ3) is 3.26. The van der Waals surface area contributed by atoms with Gasteiger partial charge in [-0.05, 0) is 42.3 Å². The molecule has 2 aliphatic rings. The first-order valence-corrected chi connectivity index (χ1v) is 10.5. The molecule has 3 heterocycles. The summed E-state index contributed by atoms with van der Waals surface area (Å²) in [6, 6.07) is 1.88. The molecule has 0 bridgehead atoms. The van der Waals surface area contributed by atoms with Gasteiger partial charge in [0.1, 0.15) is 11.4 Å². The van der Waals surface area contributed by atoms with Gasteiger partial charge >= 0.3 is 7.12 Å². The van der Waals surface area contributed by atoms with Crippen LogP contribution < -0.4 is 9.38 Å². The number of sulfonamides is 1. The third-order valence-electron chi connectivity index (χ3n) is 4.89. The zero-order valence-corrected chi connectivity index (χ0v) is 15.6. The lowest BCUT2D eigenvalue weighted by Crippen LogP contribution is -2.46. The van der Waals surface area contributed by atoms with Crippen molar-refractivity contribution in [3.63, 3.8) is 0 Å². The topological polar surface area (TPSA) is 104 Å². The van der Waals surface area contributed by atoms with Crippen LogP contribution in [0.3, 0.4) is 0 Å². The van der Waals surface area contributed by atoms with Crippen LogP contribution in [-0.2, 0) is 10.0 Å². The Balaban J connectivity index is 1.54. The monoisotopic (exact) mass is 375 g/mol. The first kappa shape index (κ1) is 17.6. The normalized spacial score (nSPS) is 22.8. The molecule has 2 aromatic heterocycles. The molecule has 1 aliphatic heterocycles. The minimum Gasteiger partial charge on any atom is -0.531 e. The molecule has 0 aromatic carbocycles. The Morgan fingerprint density at radius 2 is 2.23 bits per heavy atom. The van der Waals surface area contributed by atoms with Gasteiger partial charge in [-0.25, -0.2) is 18.1 Å². The van der Waals surface area contributed by atoms with E-state index in [2.05, 4.69) is 14.7 Å². The average molecular weight is 375 g/mol. The number of allylic oxidation sites excluding steroid dienone is 1. The minimum atomic E-state index is -3.25. The van der Waals surface area contributed by atoms with Gasteiger partial charge in [0.25, 0.3) is 0 Å². The zero-order chi connectivity index (χ0) is 18.5. The predicted molar refractivity (Wildman–Crippen MR) is 101 cm³/mol. The van der Waals surface area contributed by atoms with E-state index in [4.69, 9.17) is 4.65 Å². The van der Waals surface area contributed by atoms with Crippen molar-refractivity contribution in [1.29, 1.82) is 0 Å². The molecule has 0 unspecified atom stereocenters. The summed E-state index contributed by atoms with van der Waals surface area (Å²) < 4.78 is 32.5. The molecule has 1 saturated carbocycles. The van der Waals surface area contributed by atoms with E-state index in [-0.39, 0.29) is 23.6 Å². The summed E-state index contributed by atoms with van der Waals surface area (Å²) in [5, 5.41) is 11.0. The van der Waals surface area contributed by atoms with E-state index in [1.807, 2.05) is 26.1 Å². The molecule has 0 amide bonds. The molecule has 0 saturated heterocycles. The molecule has 0 spiro atoms. The van der Waals surface area contributed by atoms with Crippen molar-refractivity contribution in [2.75, 3.05) is 5.75 Å². The SMILES string of the molecule is CC(C)CS(=O)(=O)N[C@H]1C[C@@H](C2=CB(O)Oc3cnc4[nH]ccc4c32)C1. The molecule has 4 rings (SSSR count). The van der Waals surface area contributed by atoms with Crippen molar-refractivity contribution in [3.05, 3.63) is 30.0 Å². The number of fused-ring (bicyclic) bond motifs is 3. The number of nitrogens with zero attached hydrogens (tertiary/aromatic N) is 1. The van der Waals surface area contributed by atoms with Crippen LogP contribution in [0.2, 0.25) is 0 Å². The van der Waals surface area contributed by atoms with E-state index < -0.39 is 17.1 Å². The van der Waals surface area contributed by atoms with Crippen LogP contribution in [0.15, 0.2) is 24.4 Å². The molecular formula is C17H22BN3O4S. The van der Waals surface area contributed by atoms with Crippen LogP contribution in [0, 0.1) is 11.8 Å². The van der Waals surface area contributed by atoms with Crippen molar-refractivity contribution >= 4 is 33.7 Å². The smallest absolute Gasteiger partial charge is 0.531 e. The molecular weight excluding hydrogens is 353 g/mol. The largest absolute Gasteiger partial charge is 0.552 e. The second kappa shape index (κ2) is 6.40. The van der Waals surface area contributed by atoms with Gasteiger partial charge in [0, 0.05) is 23.2 Å². The van der Waals surface area contributed by atoms with E-state index in [9.17, 15) is 13.4 Å². The molecule has 0 radical (unpaired) electrons. The summed E-state index contributed by atoms with van der Waals surface area (Å²) in [5.74, 6) is 2.70. The summed E-state index contributed by atoms with van der Waals surface area (Å²) in [6.45, 7) is 3.79. The number of rotatable bonds is 5. The van der Waals surface area contributed by atoms with Gasteiger partial charge in [-0.3, -0.25) is 0 Å². The fourth-order valence-electron chi connectivity index (χ4n) is 3.83. The fourth-order valence-corrected chi connectivity index (χ4v) is 5.50. The molecule has 26 heavy (non-hydrogen) atoms. The van der Waals surface area contributed by atoms with Crippen molar-refractivity contribution in [2.24, 2.45) is 11.8 Å². The van der Waals surface area contributed by atoms with E-state index in [0.29, 0.717) is 18.6 Å². The summed E-state index contributed by atoms with van der Waals surface area (Å²) in [5.41, 5.74) is 2.71. The molecule has 2 aromatic rings. The molecule has 1 fully saturated rings. The highest BCUT2D eigenvalue weighted by atomic mass is 32.2. The maximum atomic E-state index is 12.1. The van der Waals surface area contributed by atoms with Gasteiger partial charge in [0.15, 0.2) is 0 Å². The summed E-state index contributed by atoms with van der Waals surface area (Å²) >= 11 is 0. The Hall–Kier alpha value is -1.84. The Labute approximate surface area is 153 Å². The third-order valence-corrected chi connectivity index (χ3v) is 6.69. The lowest BCUT2D eigenvalue weighted by Gasteiger charge is -2.39.